The Balaban J connectivity index is 1.12. The van der Waals surface area contributed by atoms with Crippen LogP contribution in [0.25, 0.3) is 0 Å². The van der Waals surface area contributed by atoms with E-state index in [2.05, 4.69) is 26.2 Å². The van der Waals surface area contributed by atoms with Gasteiger partial charge in [0.05, 0.1) is 18.1 Å². The van der Waals surface area contributed by atoms with Crippen molar-refractivity contribution in [3.63, 3.8) is 0 Å². The van der Waals surface area contributed by atoms with Crippen LogP contribution in [0, 0.1) is 10.8 Å². The van der Waals surface area contributed by atoms with E-state index >= 15 is 0 Å². The molecule has 190 valence electrons. The van der Waals surface area contributed by atoms with E-state index in [1.807, 2.05) is 30.3 Å². The highest BCUT2D eigenvalue weighted by molar-refractivity contribution is 5.93. The van der Waals surface area contributed by atoms with E-state index in [1.165, 1.54) is 26.1 Å². The summed E-state index contributed by atoms with van der Waals surface area (Å²) in [5, 5.41) is 5.82. The molecular formula is C28H34N4O4. The first-order valence-corrected chi connectivity index (χ1v) is 13.0. The lowest BCUT2D eigenvalue weighted by Crippen LogP contribution is -2.71. The van der Waals surface area contributed by atoms with Crippen LogP contribution in [-0.2, 0) is 33.0 Å². The molecule has 2 amide bonds. The molecule has 4 fully saturated rings. The summed E-state index contributed by atoms with van der Waals surface area (Å²) < 4.78 is 7.26. The molecule has 1 aromatic heterocycles. The van der Waals surface area contributed by atoms with Crippen molar-refractivity contribution in [2.45, 2.75) is 64.1 Å². The molecule has 7 rings (SSSR count). The fourth-order valence-electron chi connectivity index (χ4n) is 7.41. The summed E-state index contributed by atoms with van der Waals surface area (Å²) in [6.45, 7) is 4.68. The van der Waals surface area contributed by atoms with Crippen molar-refractivity contribution >= 4 is 23.5 Å². The lowest BCUT2D eigenvalue weighted by Gasteiger charge is -2.71. The van der Waals surface area contributed by atoms with Gasteiger partial charge in [-0.1, -0.05) is 12.1 Å². The highest BCUT2D eigenvalue weighted by Gasteiger charge is 2.72. The van der Waals surface area contributed by atoms with E-state index in [1.54, 1.807) is 0 Å². The van der Waals surface area contributed by atoms with E-state index in [0.717, 1.165) is 68.7 Å². The maximum absolute atomic E-state index is 13.1. The topological polar surface area (TPSA) is 92.7 Å². The first-order valence-electron chi connectivity index (χ1n) is 13.0. The molecule has 5 aliphatic rings. The fraction of sp³-hybridized carbons (Fsp3) is 0.536. The standard InChI is InChI=1S/C28H34N4O4/c1-19(33)30-21-6-4-20(5-7-21)14-29-24(34)22-8-9-23-28(10-3-11-28)31(12-13-32(22)23)18-26-15-27(16-26,17-26)25(35)36-2/h4-9H,3,10-18H2,1-2H3,(H,29,34)(H,30,33). The van der Waals surface area contributed by atoms with E-state index in [4.69, 9.17) is 4.74 Å². The minimum absolute atomic E-state index is 0.0180. The number of benzene rings is 1. The Hall–Kier alpha value is -3.13. The van der Waals surface area contributed by atoms with Gasteiger partial charge in [-0.3, -0.25) is 19.3 Å². The molecule has 4 saturated carbocycles. The average Bonchev–Trinajstić information content (AvgIpc) is 3.22. The summed E-state index contributed by atoms with van der Waals surface area (Å²) >= 11 is 0. The van der Waals surface area contributed by atoms with Crippen molar-refractivity contribution < 1.29 is 19.1 Å². The van der Waals surface area contributed by atoms with Gasteiger partial charge in [0.2, 0.25) is 5.91 Å². The minimum atomic E-state index is -0.201. The van der Waals surface area contributed by atoms with Crippen molar-refractivity contribution in [3.05, 3.63) is 53.3 Å². The van der Waals surface area contributed by atoms with Crippen LogP contribution in [0.5, 0.6) is 0 Å². The lowest BCUT2D eigenvalue weighted by atomic mass is 9.35. The second kappa shape index (κ2) is 8.20. The summed E-state index contributed by atoms with van der Waals surface area (Å²) in [4.78, 5) is 39.1. The summed E-state index contributed by atoms with van der Waals surface area (Å²) in [5.74, 6) is -0.199. The van der Waals surface area contributed by atoms with Crippen LogP contribution in [0.2, 0.25) is 0 Å². The molecule has 2 N–H and O–H groups in total. The van der Waals surface area contributed by atoms with Gasteiger partial charge < -0.3 is 19.9 Å². The van der Waals surface area contributed by atoms with Gasteiger partial charge in [0, 0.05) is 44.5 Å². The Morgan fingerprint density at radius 3 is 2.33 bits per heavy atom. The highest BCUT2D eigenvalue weighted by Crippen LogP contribution is 2.74. The van der Waals surface area contributed by atoms with E-state index in [-0.39, 0.29) is 34.2 Å². The fourth-order valence-corrected chi connectivity index (χ4v) is 7.41. The largest absolute Gasteiger partial charge is 0.469 e. The molecule has 2 heterocycles. The molecule has 2 aromatic rings. The van der Waals surface area contributed by atoms with Gasteiger partial charge in [-0.25, -0.2) is 0 Å². The van der Waals surface area contributed by atoms with Gasteiger partial charge in [0.15, 0.2) is 0 Å². The van der Waals surface area contributed by atoms with Crippen LogP contribution in [0.1, 0.15) is 67.2 Å². The van der Waals surface area contributed by atoms with Crippen molar-refractivity contribution in [3.8, 4) is 0 Å². The van der Waals surface area contributed by atoms with Crippen LogP contribution in [0.4, 0.5) is 5.69 Å². The SMILES string of the molecule is COC(=O)C12CC(CN3CCn4c(C(=O)NCc5ccc(NC(C)=O)cc5)ccc4C34CCC4)(C1)C2. The molecule has 0 radical (unpaired) electrons. The predicted octanol–water partition coefficient (Wildman–Crippen LogP) is 3.41. The van der Waals surface area contributed by atoms with Gasteiger partial charge in [-0.15, -0.1) is 0 Å². The molecule has 8 nitrogen and oxygen atoms in total. The van der Waals surface area contributed by atoms with Gasteiger partial charge in [0.1, 0.15) is 5.69 Å². The van der Waals surface area contributed by atoms with Crippen molar-refractivity contribution in [2.75, 3.05) is 25.5 Å². The monoisotopic (exact) mass is 490 g/mol. The number of nitrogens with one attached hydrogen (secondary N) is 2. The molecule has 4 aliphatic carbocycles. The quantitative estimate of drug-likeness (QED) is 0.581. The number of fused-ring (bicyclic) bond motifs is 2. The third-order valence-corrected chi connectivity index (χ3v) is 9.08. The number of nitrogens with zero attached hydrogens (tertiary/aromatic N) is 2. The van der Waals surface area contributed by atoms with Crippen LogP contribution >= 0.6 is 0 Å². The minimum Gasteiger partial charge on any atom is -0.469 e. The molecule has 1 aromatic carbocycles. The number of amides is 2. The third-order valence-electron chi connectivity index (χ3n) is 9.08. The van der Waals surface area contributed by atoms with Crippen LogP contribution < -0.4 is 10.6 Å². The zero-order valence-corrected chi connectivity index (χ0v) is 21.1. The first kappa shape index (κ1) is 23.3. The first-order chi connectivity index (χ1) is 17.3. The second-order valence-corrected chi connectivity index (χ2v) is 11.4. The van der Waals surface area contributed by atoms with Crippen LogP contribution in [-0.4, -0.2) is 47.4 Å². The number of methoxy groups -OCH3 is 1. The summed E-state index contributed by atoms with van der Waals surface area (Å²) in [6, 6.07) is 11.6. The lowest BCUT2D eigenvalue weighted by molar-refractivity contribution is -0.238. The number of hydrogen-bond donors (Lipinski definition) is 2. The summed E-state index contributed by atoms with van der Waals surface area (Å²) in [5.41, 5.74) is 3.79. The molecule has 0 unspecified atom stereocenters. The molecule has 0 atom stereocenters. The van der Waals surface area contributed by atoms with E-state index in [9.17, 15) is 14.4 Å². The zero-order chi connectivity index (χ0) is 25.1. The third kappa shape index (κ3) is 3.49. The Labute approximate surface area is 211 Å². The van der Waals surface area contributed by atoms with Gasteiger partial charge in [-0.05, 0) is 73.8 Å². The average molecular weight is 491 g/mol. The number of ether oxygens (including phenoxy) is 1. The van der Waals surface area contributed by atoms with Crippen LogP contribution in [0.15, 0.2) is 36.4 Å². The second-order valence-electron chi connectivity index (χ2n) is 11.4. The zero-order valence-electron chi connectivity index (χ0n) is 21.1. The van der Waals surface area contributed by atoms with E-state index < -0.39 is 0 Å². The Kier molecular flexibility index (Phi) is 5.30. The molecule has 1 spiro atoms. The Morgan fingerprint density at radius 2 is 1.72 bits per heavy atom. The van der Waals surface area contributed by atoms with Gasteiger partial charge >= 0.3 is 5.97 Å². The number of hydrogen-bond acceptors (Lipinski definition) is 5. The number of rotatable bonds is 7. The Bertz CT molecular complexity index is 1210. The smallest absolute Gasteiger partial charge is 0.311 e. The molecule has 0 saturated heterocycles. The van der Waals surface area contributed by atoms with Gasteiger partial charge in [0.25, 0.3) is 5.91 Å². The number of anilines is 1. The normalized spacial score (nSPS) is 27.2. The molecule has 1 aliphatic heterocycles. The highest BCUT2D eigenvalue weighted by atomic mass is 16.5. The van der Waals surface area contributed by atoms with Crippen molar-refractivity contribution in [1.82, 2.24) is 14.8 Å². The summed E-state index contributed by atoms with van der Waals surface area (Å²) in [6.07, 6.45) is 6.32. The molecular weight excluding hydrogens is 456 g/mol. The van der Waals surface area contributed by atoms with Crippen LogP contribution in [0.3, 0.4) is 0 Å². The molecule has 2 bridgehead atoms. The van der Waals surface area contributed by atoms with Crippen molar-refractivity contribution in [1.29, 1.82) is 0 Å². The number of esters is 1. The number of carbonyl (C=O) groups excluding carboxylic acids is 3. The number of carbonyl (C=O) groups is 3. The summed E-state index contributed by atoms with van der Waals surface area (Å²) in [7, 11) is 1.50. The molecule has 36 heavy (non-hydrogen) atoms. The predicted molar refractivity (Wildman–Crippen MR) is 134 cm³/mol. The van der Waals surface area contributed by atoms with E-state index in [0.29, 0.717) is 6.54 Å². The Morgan fingerprint density at radius 1 is 1.00 bits per heavy atom. The van der Waals surface area contributed by atoms with Gasteiger partial charge in [-0.2, -0.15) is 0 Å². The maximum atomic E-state index is 13.1. The van der Waals surface area contributed by atoms with Crippen molar-refractivity contribution in [2.24, 2.45) is 10.8 Å². The molecule has 8 heteroatoms. The maximum Gasteiger partial charge on any atom is 0.311 e. The number of aromatic nitrogens is 1.